The molecular weight excluding hydrogens is 374 g/mol. The van der Waals surface area contributed by atoms with Crippen molar-refractivity contribution in [1.82, 2.24) is 0 Å². The molecule has 2 fully saturated rings. The van der Waals surface area contributed by atoms with Crippen molar-refractivity contribution in [3.05, 3.63) is 12.7 Å². The minimum absolute atomic E-state index is 0.325. The lowest BCUT2D eigenvalue weighted by Gasteiger charge is -2.46. The van der Waals surface area contributed by atoms with Crippen LogP contribution in [0.5, 0.6) is 0 Å². The van der Waals surface area contributed by atoms with Gasteiger partial charge in [-0.25, -0.2) is 0 Å². The summed E-state index contributed by atoms with van der Waals surface area (Å²) in [6, 6.07) is -1.00. The monoisotopic (exact) mass is 407 g/mol. The van der Waals surface area contributed by atoms with E-state index >= 15 is 0 Å². The molecular formula is C18H33NO9. The Bertz CT molecular complexity index is 482. The molecule has 0 aromatic carbocycles. The smallest absolute Gasteiger partial charge is 0.187 e. The van der Waals surface area contributed by atoms with Gasteiger partial charge in [-0.05, 0) is 26.2 Å². The first-order chi connectivity index (χ1) is 13.3. The van der Waals surface area contributed by atoms with Crippen LogP contribution < -0.4 is 5.73 Å². The second-order valence-corrected chi connectivity index (χ2v) is 7.23. The van der Waals surface area contributed by atoms with Crippen LogP contribution in [0.15, 0.2) is 12.7 Å². The van der Waals surface area contributed by atoms with E-state index in [1.807, 2.05) is 0 Å². The largest absolute Gasteiger partial charge is 0.394 e. The molecule has 164 valence electrons. The molecule has 0 unspecified atom stereocenters. The number of aliphatic hydroxyl groups is 5. The Morgan fingerprint density at radius 2 is 1.71 bits per heavy atom. The maximum Gasteiger partial charge on any atom is 0.187 e. The lowest BCUT2D eigenvalue weighted by molar-refractivity contribution is -0.350. The summed E-state index contributed by atoms with van der Waals surface area (Å²) in [5.41, 5.74) is 6.08. The molecule has 2 aliphatic rings. The summed E-state index contributed by atoms with van der Waals surface area (Å²) < 4.78 is 22.5. The van der Waals surface area contributed by atoms with Gasteiger partial charge in [0.25, 0.3) is 0 Å². The zero-order chi connectivity index (χ0) is 20.8. The van der Waals surface area contributed by atoms with E-state index < -0.39 is 68.0 Å². The van der Waals surface area contributed by atoms with Gasteiger partial charge in [0.2, 0.25) is 0 Å². The van der Waals surface area contributed by atoms with Crippen LogP contribution in [0, 0.1) is 0 Å². The molecule has 10 atom stereocenters. The third-order valence-corrected chi connectivity index (χ3v) is 5.10. The third kappa shape index (κ3) is 5.48. The quantitative estimate of drug-likeness (QED) is 0.186. The van der Waals surface area contributed by atoms with Crippen LogP contribution in [-0.2, 0) is 18.9 Å². The van der Waals surface area contributed by atoms with Crippen molar-refractivity contribution in [2.75, 3.05) is 13.2 Å². The standard InChI is InChI=1S/C18H33NO9/c1-3-4-5-6-7-25-18-16(11(19)13(22)10(8-20)27-18)28-17-15(24)14(23)12(21)9(2)26-17/h3,9-18,20-24H,1,4-8,19H2,2H3/t9-,10+,11-,12+,13-,14+,15-,16+,17-,18+/m0/s1. The second kappa shape index (κ2) is 10.9. The summed E-state index contributed by atoms with van der Waals surface area (Å²) in [5.74, 6) is 0. The Morgan fingerprint density at radius 3 is 2.36 bits per heavy atom. The van der Waals surface area contributed by atoms with Gasteiger partial charge in [-0.2, -0.15) is 0 Å². The molecule has 0 radical (unpaired) electrons. The number of rotatable bonds is 9. The van der Waals surface area contributed by atoms with E-state index in [9.17, 15) is 25.5 Å². The van der Waals surface area contributed by atoms with E-state index in [1.165, 1.54) is 6.92 Å². The maximum absolute atomic E-state index is 10.3. The van der Waals surface area contributed by atoms with E-state index in [-0.39, 0.29) is 0 Å². The van der Waals surface area contributed by atoms with E-state index in [2.05, 4.69) is 6.58 Å². The molecule has 2 rings (SSSR count). The number of hydrogen-bond donors (Lipinski definition) is 6. The minimum atomic E-state index is -1.53. The van der Waals surface area contributed by atoms with Crippen LogP contribution in [-0.4, -0.2) is 100 Å². The van der Waals surface area contributed by atoms with E-state index in [0.29, 0.717) is 6.61 Å². The van der Waals surface area contributed by atoms with Crippen molar-refractivity contribution in [2.45, 2.75) is 87.5 Å². The Hall–Kier alpha value is -0.660. The van der Waals surface area contributed by atoms with E-state index in [4.69, 9.17) is 24.7 Å². The molecule has 0 saturated carbocycles. The van der Waals surface area contributed by atoms with Crippen molar-refractivity contribution >= 4 is 0 Å². The number of unbranched alkanes of at least 4 members (excludes halogenated alkanes) is 2. The first-order valence-electron chi connectivity index (χ1n) is 9.59. The number of aliphatic hydroxyl groups excluding tert-OH is 5. The molecule has 0 spiro atoms. The molecule has 2 saturated heterocycles. The molecule has 0 aromatic heterocycles. The highest BCUT2D eigenvalue weighted by molar-refractivity contribution is 4.95. The average molecular weight is 407 g/mol. The number of allylic oxidation sites excluding steroid dienone is 1. The number of ether oxygens (including phenoxy) is 4. The van der Waals surface area contributed by atoms with Crippen molar-refractivity contribution in [3.63, 3.8) is 0 Å². The Labute approximate surface area is 164 Å². The molecule has 2 aliphatic heterocycles. The van der Waals surface area contributed by atoms with Gasteiger partial charge in [0.15, 0.2) is 12.6 Å². The van der Waals surface area contributed by atoms with Crippen LogP contribution in [0.1, 0.15) is 26.2 Å². The Morgan fingerprint density at radius 1 is 1.00 bits per heavy atom. The molecule has 7 N–H and O–H groups in total. The van der Waals surface area contributed by atoms with Gasteiger partial charge in [0.1, 0.15) is 36.6 Å². The first kappa shape index (κ1) is 23.6. The highest BCUT2D eigenvalue weighted by Crippen LogP contribution is 2.29. The SMILES string of the molecule is C=CCCCCO[C@@H]1O[C@H](CO)[C@H](O)[C@H](N)[C@H]1O[C@@H]1O[C@@H](C)[C@@H](O)[C@@H](O)[C@@H]1O. The van der Waals surface area contributed by atoms with Crippen LogP contribution in [0.4, 0.5) is 0 Å². The van der Waals surface area contributed by atoms with Gasteiger partial charge >= 0.3 is 0 Å². The molecule has 10 nitrogen and oxygen atoms in total. The lowest BCUT2D eigenvalue weighted by Crippen LogP contribution is -2.66. The maximum atomic E-state index is 10.3. The molecule has 2 heterocycles. The fraction of sp³-hybridized carbons (Fsp3) is 0.889. The van der Waals surface area contributed by atoms with Gasteiger partial charge in [0.05, 0.1) is 18.8 Å². The zero-order valence-electron chi connectivity index (χ0n) is 16.0. The summed E-state index contributed by atoms with van der Waals surface area (Å²) in [7, 11) is 0. The first-order valence-corrected chi connectivity index (χ1v) is 9.59. The molecule has 0 bridgehead atoms. The molecule has 0 aromatic rings. The van der Waals surface area contributed by atoms with Gasteiger partial charge in [-0.1, -0.05) is 6.08 Å². The fourth-order valence-corrected chi connectivity index (χ4v) is 3.26. The summed E-state index contributed by atoms with van der Waals surface area (Å²) in [6.45, 7) is 5.05. The highest BCUT2D eigenvalue weighted by atomic mass is 16.7. The molecule has 28 heavy (non-hydrogen) atoms. The number of hydrogen-bond acceptors (Lipinski definition) is 10. The third-order valence-electron chi connectivity index (χ3n) is 5.10. The normalized spacial score (nSPS) is 44.4. The summed E-state index contributed by atoms with van der Waals surface area (Å²) in [5, 5.41) is 49.6. The minimum Gasteiger partial charge on any atom is -0.394 e. The zero-order valence-corrected chi connectivity index (χ0v) is 16.0. The van der Waals surface area contributed by atoms with Crippen molar-refractivity contribution in [1.29, 1.82) is 0 Å². The van der Waals surface area contributed by atoms with E-state index in [1.54, 1.807) is 6.08 Å². The summed E-state index contributed by atoms with van der Waals surface area (Å²) >= 11 is 0. The van der Waals surface area contributed by atoms with Crippen molar-refractivity contribution in [2.24, 2.45) is 5.73 Å². The highest BCUT2D eigenvalue weighted by Gasteiger charge is 2.49. The van der Waals surface area contributed by atoms with Crippen molar-refractivity contribution < 1.29 is 44.5 Å². The van der Waals surface area contributed by atoms with Crippen LogP contribution in [0.25, 0.3) is 0 Å². The van der Waals surface area contributed by atoms with Crippen molar-refractivity contribution in [3.8, 4) is 0 Å². The molecule has 10 heteroatoms. The predicted molar refractivity (Wildman–Crippen MR) is 97.0 cm³/mol. The van der Waals surface area contributed by atoms with Crippen LogP contribution in [0.2, 0.25) is 0 Å². The van der Waals surface area contributed by atoms with Gasteiger partial charge in [0, 0.05) is 6.61 Å². The van der Waals surface area contributed by atoms with Crippen LogP contribution in [0.3, 0.4) is 0 Å². The Balaban J connectivity index is 2.06. The van der Waals surface area contributed by atoms with Gasteiger partial charge < -0.3 is 50.2 Å². The van der Waals surface area contributed by atoms with Gasteiger partial charge in [-0.3, -0.25) is 0 Å². The van der Waals surface area contributed by atoms with E-state index in [0.717, 1.165) is 19.3 Å². The fourth-order valence-electron chi connectivity index (χ4n) is 3.26. The summed E-state index contributed by atoms with van der Waals surface area (Å²) in [6.07, 6.45) is -6.37. The summed E-state index contributed by atoms with van der Waals surface area (Å²) in [4.78, 5) is 0. The average Bonchev–Trinajstić information content (AvgIpc) is 2.68. The molecule has 0 amide bonds. The molecule has 0 aliphatic carbocycles. The lowest BCUT2D eigenvalue weighted by atomic mass is 9.96. The second-order valence-electron chi connectivity index (χ2n) is 7.23. The van der Waals surface area contributed by atoms with Gasteiger partial charge in [-0.15, -0.1) is 6.58 Å². The number of nitrogens with two attached hydrogens (primary N) is 1. The topological polar surface area (TPSA) is 164 Å². The van der Waals surface area contributed by atoms with Crippen LogP contribution >= 0.6 is 0 Å². The Kier molecular flexibility index (Phi) is 9.22. The predicted octanol–water partition coefficient (Wildman–Crippen LogP) is -2.02.